The number of aliphatic carboxylic acids is 1. The van der Waals surface area contributed by atoms with Gasteiger partial charge in [0.05, 0.1) is 12.5 Å². The van der Waals surface area contributed by atoms with Crippen LogP contribution in [0, 0.1) is 0 Å². The van der Waals surface area contributed by atoms with Crippen molar-refractivity contribution in [2.24, 2.45) is 5.73 Å². The van der Waals surface area contributed by atoms with Crippen molar-refractivity contribution in [1.29, 1.82) is 0 Å². The highest BCUT2D eigenvalue weighted by molar-refractivity contribution is 7.99. The van der Waals surface area contributed by atoms with E-state index in [9.17, 15) is 9.59 Å². The first-order valence-electron chi connectivity index (χ1n) is 6.50. The van der Waals surface area contributed by atoms with Crippen LogP contribution in [-0.2, 0) is 9.59 Å². The predicted octanol–water partition coefficient (Wildman–Crippen LogP) is 1.11. The van der Waals surface area contributed by atoms with Crippen LogP contribution in [0.4, 0.5) is 0 Å². The van der Waals surface area contributed by atoms with Crippen molar-refractivity contribution in [3.8, 4) is 0 Å². The van der Waals surface area contributed by atoms with E-state index in [0.717, 1.165) is 11.3 Å². The minimum Gasteiger partial charge on any atom is -0.481 e. The van der Waals surface area contributed by atoms with Crippen molar-refractivity contribution in [3.05, 3.63) is 35.9 Å². The van der Waals surface area contributed by atoms with Gasteiger partial charge in [-0.1, -0.05) is 30.3 Å². The van der Waals surface area contributed by atoms with Crippen molar-refractivity contribution in [2.45, 2.75) is 18.5 Å². The van der Waals surface area contributed by atoms with E-state index in [1.165, 1.54) is 0 Å². The molecule has 0 aliphatic carbocycles. The van der Waals surface area contributed by atoms with Crippen molar-refractivity contribution < 1.29 is 14.7 Å². The van der Waals surface area contributed by atoms with Crippen LogP contribution in [0.15, 0.2) is 30.3 Å². The van der Waals surface area contributed by atoms with E-state index in [2.05, 4.69) is 0 Å². The fourth-order valence-electron chi connectivity index (χ4n) is 2.30. The van der Waals surface area contributed by atoms with Crippen molar-refractivity contribution in [2.75, 3.05) is 18.1 Å². The van der Waals surface area contributed by atoms with Gasteiger partial charge in [-0.15, -0.1) is 0 Å². The number of carbonyl (C=O) groups excluding carboxylic acids is 1. The summed E-state index contributed by atoms with van der Waals surface area (Å²) in [7, 11) is 0. The molecule has 3 N–H and O–H groups in total. The lowest BCUT2D eigenvalue weighted by Gasteiger charge is -2.36. The molecule has 0 aromatic heterocycles. The summed E-state index contributed by atoms with van der Waals surface area (Å²) in [4.78, 5) is 25.0. The Morgan fingerprint density at radius 2 is 2.10 bits per heavy atom. The molecule has 1 saturated heterocycles. The number of carbonyl (C=O) groups is 2. The molecule has 1 aromatic carbocycles. The minimum atomic E-state index is -0.886. The minimum absolute atomic E-state index is 0.0275. The zero-order valence-corrected chi connectivity index (χ0v) is 11.9. The van der Waals surface area contributed by atoms with Gasteiger partial charge in [0.25, 0.3) is 0 Å². The zero-order valence-electron chi connectivity index (χ0n) is 11.1. The van der Waals surface area contributed by atoms with E-state index in [1.54, 1.807) is 16.7 Å². The molecule has 1 aliphatic rings. The van der Waals surface area contributed by atoms with Crippen LogP contribution in [-0.4, -0.2) is 46.0 Å². The Morgan fingerprint density at radius 1 is 1.40 bits per heavy atom. The molecule has 1 aromatic rings. The summed E-state index contributed by atoms with van der Waals surface area (Å²) in [6, 6.07) is 8.17. The number of amides is 1. The van der Waals surface area contributed by atoms with E-state index in [1.807, 2.05) is 30.3 Å². The Hall–Kier alpha value is -1.53. The third kappa shape index (κ3) is 3.52. The number of nitrogens with zero attached hydrogens (tertiary/aromatic N) is 1. The maximum Gasteiger partial charge on any atom is 0.305 e. The topological polar surface area (TPSA) is 83.6 Å². The fourth-order valence-corrected chi connectivity index (χ4v) is 3.36. The van der Waals surface area contributed by atoms with Gasteiger partial charge in [-0.2, -0.15) is 11.8 Å². The van der Waals surface area contributed by atoms with Crippen LogP contribution in [0.3, 0.4) is 0 Å². The average Bonchev–Trinajstić information content (AvgIpc) is 2.46. The van der Waals surface area contributed by atoms with Crippen LogP contribution in [0.2, 0.25) is 0 Å². The number of carboxylic acid groups (broad SMARTS) is 1. The summed E-state index contributed by atoms with van der Waals surface area (Å²) >= 11 is 1.68. The zero-order chi connectivity index (χ0) is 14.5. The maximum absolute atomic E-state index is 12.5. The smallest absolute Gasteiger partial charge is 0.305 e. The fraction of sp³-hybridized carbons (Fsp3) is 0.429. The number of benzene rings is 1. The second-order valence-corrected chi connectivity index (χ2v) is 5.90. The van der Waals surface area contributed by atoms with E-state index in [0.29, 0.717) is 12.3 Å². The lowest BCUT2D eigenvalue weighted by Crippen LogP contribution is -2.50. The lowest BCUT2D eigenvalue weighted by molar-refractivity contribution is -0.140. The highest BCUT2D eigenvalue weighted by Crippen LogP contribution is 2.23. The van der Waals surface area contributed by atoms with Gasteiger partial charge >= 0.3 is 5.97 Å². The first-order chi connectivity index (χ1) is 9.59. The molecule has 0 saturated carbocycles. The quantitative estimate of drug-likeness (QED) is 0.869. The number of rotatable bonds is 4. The Kier molecular flexibility index (Phi) is 5.03. The van der Waals surface area contributed by atoms with Crippen LogP contribution in [0.25, 0.3) is 0 Å². The largest absolute Gasteiger partial charge is 0.481 e. The molecule has 0 radical (unpaired) electrons. The Labute approximate surface area is 122 Å². The number of nitrogens with two attached hydrogens (primary N) is 1. The van der Waals surface area contributed by atoms with Gasteiger partial charge in [-0.05, 0) is 5.56 Å². The first-order valence-corrected chi connectivity index (χ1v) is 7.65. The second-order valence-electron chi connectivity index (χ2n) is 4.75. The van der Waals surface area contributed by atoms with Crippen molar-refractivity contribution in [3.63, 3.8) is 0 Å². The number of thioether (sulfide) groups is 1. The van der Waals surface area contributed by atoms with Gasteiger partial charge in [0.1, 0.15) is 6.04 Å². The average molecular weight is 294 g/mol. The highest BCUT2D eigenvalue weighted by atomic mass is 32.2. The summed E-state index contributed by atoms with van der Waals surface area (Å²) in [5, 5.41) is 8.94. The third-order valence-electron chi connectivity index (χ3n) is 3.35. The molecule has 5 nitrogen and oxygen atoms in total. The SMILES string of the molecule is NC(C(=O)N1CCSCC1CC(=O)O)c1ccccc1. The van der Waals surface area contributed by atoms with Gasteiger partial charge in [0.2, 0.25) is 5.91 Å². The Bertz CT molecular complexity index is 481. The molecule has 20 heavy (non-hydrogen) atoms. The number of hydrogen-bond donors (Lipinski definition) is 2. The highest BCUT2D eigenvalue weighted by Gasteiger charge is 2.32. The number of carboxylic acids is 1. The van der Waals surface area contributed by atoms with Crippen LogP contribution in [0.1, 0.15) is 18.0 Å². The van der Waals surface area contributed by atoms with Gasteiger partial charge in [-0.3, -0.25) is 9.59 Å². The summed E-state index contributed by atoms with van der Waals surface area (Å²) < 4.78 is 0. The molecule has 1 heterocycles. The van der Waals surface area contributed by atoms with Gasteiger partial charge in [0, 0.05) is 18.1 Å². The van der Waals surface area contributed by atoms with Gasteiger partial charge < -0.3 is 15.7 Å². The van der Waals surface area contributed by atoms with E-state index in [-0.39, 0.29) is 18.4 Å². The molecule has 1 amide bonds. The van der Waals surface area contributed by atoms with Crippen molar-refractivity contribution in [1.82, 2.24) is 4.90 Å². The Balaban J connectivity index is 2.11. The van der Waals surface area contributed by atoms with Crippen LogP contribution >= 0.6 is 11.8 Å². The molecular formula is C14H18N2O3S. The predicted molar refractivity (Wildman–Crippen MR) is 78.4 cm³/mol. The molecule has 1 fully saturated rings. The molecule has 6 heteroatoms. The van der Waals surface area contributed by atoms with Crippen LogP contribution < -0.4 is 5.73 Å². The molecule has 0 spiro atoms. The molecule has 0 bridgehead atoms. The standard InChI is InChI=1S/C14H18N2O3S/c15-13(10-4-2-1-3-5-10)14(19)16-6-7-20-9-11(16)8-12(17)18/h1-5,11,13H,6-9,15H2,(H,17,18). The van der Waals surface area contributed by atoms with Crippen LogP contribution in [0.5, 0.6) is 0 Å². The molecular weight excluding hydrogens is 276 g/mol. The summed E-state index contributed by atoms with van der Waals surface area (Å²) in [6.07, 6.45) is -0.0275. The summed E-state index contributed by atoms with van der Waals surface area (Å²) in [6.45, 7) is 0.558. The second kappa shape index (κ2) is 6.76. The maximum atomic E-state index is 12.5. The number of hydrogen-bond acceptors (Lipinski definition) is 4. The summed E-state index contributed by atoms with van der Waals surface area (Å²) in [5.41, 5.74) is 6.77. The summed E-state index contributed by atoms with van der Waals surface area (Å²) in [5.74, 6) is 0.398. The molecule has 108 valence electrons. The molecule has 2 atom stereocenters. The van der Waals surface area contributed by atoms with E-state index in [4.69, 9.17) is 10.8 Å². The normalized spacial score (nSPS) is 20.4. The van der Waals surface area contributed by atoms with E-state index < -0.39 is 12.0 Å². The van der Waals surface area contributed by atoms with Gasteiger partial charge in [0.15, 0.2) is 0 Å². The third-order valence-corrected chi connectivity index (χ3v) is 4.44. The monoisotopic (exact) mass is 294 g/mol. The van der Waals surface area contributed by atoms with Gasteiger partial charge in [-0.25, -0.2) is 0 Å². The lowest BCUT2D eigenvalue weighted by atomic mass is 10.0. The molecule has 2 rings (SSSR count). The van der Waals surface area contributed by atoms with Crippen molar-refractivity contribution >= 4 is 23.6 Å². The first kappa shape index (κ1) is 14.9. The molecule has 1 aliphatic heterocycles. The van der Waals surface area contributed by atoms with E-state index >= 15 is 0 Å². The Morgan fingerprint density at radius 3 is 2.75 bits per heavy atom. The molecule has 2 unspecified atom stereocenters.